The summed E-state index contributed by atoms with van der Waals surface area (Å²) in [5.41, 5.74) is 1.27. The van der Waals surface area contributed by atoms with Gasteiger partial charge in [0, 0.05) is 37.3 Å². The van der Waals surface area contributed by atoms with Gasteiger partial charge in [0.05, 0.1) is 0 Å². The van der Waals surface area contributed by atoms with Gasteiger partial charge < -0.3 is 10.2 Å². The Hall–Kier alpha value is -1.61. The van der Waals surface area contributed by atoms with Crippen LogP contribution in [0.25, 0.3) is 10.8 Å². The van der Waals surface area contributed by atoms with E-state index in [1.165, 1.54) is 16.3 Å². The molecule has 0 saturated carbocycles. The van der Waals surface area contributed by atoms with Crippen LogP contribution in [0.5, 0.6) is 0 Å². The Morgan fingerprint density at radius 3 is 2.48 bits per heavy atom. The molecular weight excluding hydrogens is 258 g/mol. The Morgan fingerprint density at radius 1 is 1.14 bits per heavy atom. The fourth-order valence-corrected chi connectivity index (χ4v) is 2.63. The molecule has 0 unspecified atom stereocenters. The molecule has 0 amide bonds. The van der Waals surface area contributed by atoms with Crippen LogP contribution in [0.3, 0.4) is 0 Å². The van der Waals surface area contributed by atoms with Gasteiger partial charge in [-0.1, -0.05) is 45.0 Å². The van der Waals surface area contributed by atoms with Gasteiger partial charge >= 0.3 is 0 Å². The molecule has 0 aliphatic carbocycles. The minimum Gasteiger partial charge on any atom is -0.356 e. The second-order valence-electron chi connectivity index (χ2n) is 5.77. The van der Waals surface area contributed by atoms with Crippen molar-refractivity contribution in [2.24, 2.45) is 0 Å². The van der Waals surface area contributed by atoms with E-state index in [1.807, 2.05) is 6.20 Å². The summed E-state index contributed by atoms with van der Waals surface area (Å²) in [5.74, 6) is 1.11. The molecule has 0 aliphatic rings. The molecule has 0 fully saturated rings. The van der Waals surface area contributed by atoms with Gasteiger partial charge in [0.15, 0.2) is 0 Å². The van der Waals surface area contributed by atoms with Gasteiger partial charge in [0.25, 0.3) is 0 Å². The topological polar surface area (TPSA) is 28.2 Å². The third kappa shape index (κ3) is 3.73. The highest BCUT2D eigenvalue weighted by atomic mass is 15.2. The largest absolute Gasteiger partial charge is 0.356 e. The van der Waals surface area contributed by atoms with Crippen molar-refractivity contribution in [2.45, 2.75) is 46.7 Å². The van der Waals surface area contributed by atoms with Crippen molar-refractivity contribution >= 4 is 16.6 Å². The van der Waals surface area contributed by atoms with Crippen LogP contribution >= 0.6 is 0 Å². The van der Waals surface area contributed by atoms with Crippen LogP contribution in [0.15, 0.2) is 30.5 Å². The van der Waals surface area contributed by atoms with E-state index in [-0.39, 0.29) is 0 Å². The molecule has 3 heteroatoms. The first-order chi connectivity index (χ1) is 10.2. The Kier molecular flexibility index (Phi) is 5.57. The first-order valence-electron chi connectivity index (χ1n) is 8.02. The molecule has 2 aromatic rings. The number of nitrogens with one attached hydrogen (secondary N) is 1. The van der Waals surface area contributed by atoms with Crippen molar-refractivity contribution in [2.75, 3.05) is 18.0 Å². The molecule has 0 atom stereocenters. The third-order valence-corrected chi connectivity index (χ3v) is 3.73. The minimum atomic E-state index is 0.482. The van der Waals surface area contributed by atoms with Gasteiger partial charge in [-0.25, -0.2) is 4.98 Å². The van der Waals surface area contributed by atoms with Gasteiger partial charge in [-0.05, 0) is 24.3 Å². The Balaban J connectivity index is 2.43. The summed E-state index contributed by atoms with van der Waals surface area (Å²) >= 11 is 0. The predicted octanol–water partition coefficient (Wildman–Crippen LogP) is 3.97. The van der Waals surface area contributed by atoms with Crippen LogP contribution in [-0.2, 0) is 6.54 Å². The highest BCUT2D eigenvalue weighted by molar-refractivity contribution is 5.94. The van der Waals surface area contributed by atoms with E-state index in [4.69, 9.17) is 4.98 Å². The van der Waals surface area contributed by atoms with Crippen LogP contribution < -0.4 is 10.2 Å². The lowest BCUT2D eigenvalue weighted by Crippen LogP contribution is -2.25. The lowest BCUT2D eigenvalue weighted by molar-refractivity contribution is 0.590. The van der Waals surface area contributed by atoms with Crippen molar-refractivity contribution < 1.29 is 0 Å². The van der Waals surface area contributed by atoms with E-state index in [0.717, 1.165) is 31.9 Å². The van der Waals surface area contributed by atoms with Crippen LogP contribution in [0.2, 0.25) is 0 Å². The van der Waals surface area contributed by atoms with E-state index in [9.17, 15) is 0 Å². The molecule has 0 aliphatic heterocycles. The fourth-order valence-electron chi connectivity index (χ4n) is 2.63. The second-order valence-corrected chi connectivity index (χ2v) is 5.77. The fraction of sp³-hybridized carbons (Fsp3) is 0.500. The number of nitrogens with zero attached hydrogens (tertiary/aromatic N) is 2. The lowest BCUT2D eigenvalue weighted by Gasteiger charge is -2.23. The van der Waals surface area contributed by atoms with Crippen LogP contribution in [0.1, 0.15) is 39.7 Å². The number of aromatic nitrogens is 1. The number of pyridine rings is 1. The average Bonchev–Trinajstić information content (AvgIpc) is 2.50. The van der Waals surface area contributed by atoms with E-state index in [1.54, 1.807) is 0 Å². The van der Waals surface area contributed by atoms with Gasteiger partial charge in [-0.2, -0.15) is 0 Å². The van der Waals surface area contributed by atoms with Gasteiger partial charge in [-0.15, -0.1) is 0 Å². The molecule has 0 spiro atoms. The SMILES string of the molecule is CCCN(CC)c1ncc(CNC(C)C)c2ccccc12. The lowest BCUT2D eigenvalue weighted by atomic mass is 10.1. The van der Waals surface area contributed by atoms with Crippen molar-refractivity contribution in [1.29, 1.82) is 0 Å². The second kappa shape index (κ2) is 7.41. The van der Waals surface area contributed by atoms with Gasteiger partial charge in [-0.3, -0.25) is 0 Å². The zero-order chi connectivity index (χ0) is 15.2. The quantitative estimate of drug-likeness (QED) is 0.834. The smallest absolute Gasteiger partial charge is 0.136 e. The number of fused-ring (bicyclic) bond motifs is 1. The van der Waals surface area contributed by atoms with Gasteiger partial charge in [0.2, 0.25) is 0 Å². The molecule has 0 radical (unpaired) electrons. The summed E-state index contributed by atoms with van der Waals surface area (Å²) in [7, 11) is 0. The number of rotatable bonds is 7. The van der Waals surface area contributed by atoms with Gasteiger partial charge in [0.1, 0.15) is 5.82 Å². The maximum absolute atomic E-state index is 4.76. The Bertz CT molecular complexity index is 578. The molecular formula is C18H27N3. The van der Waals surface area contributed by atoms with Crippen LogP contribution in [0, 0.1) is 0 Å². The maximum atomic E-state index is 4.76. The van der Waals surface area contributed by atoms with Crippen molar-refractivity contribution in [1.82, 2.24) is 10.3 Å². The number of hydrogen-bond donors (Lipinski definition) is 1. The summed E-state index contributed by atoms with van der Waals surface area (Å²) in [5, 5.41) is 6.06. The standard InChI is InChI=1S/C18H27N3/c1-5-11-21(6-2)18-17-10-8-7-9-16(17)15(13-20-18)12-19-14(3)4/h7-10,13-14,19H,5-6,11-12H2,1-4H3. The molecule has 1 N–H and O–H groups in total. The molecule has 21 heavy (non-hydrogen) atoms. The molecule has 3 nitrogen and oxygen atoms in total. The average molecular weight is 285 g/mol. The molecule has 0 bridgehead atoms. The molecule has 1 aromatic carbocycles. The summed E-state index contributed by atoms with van der Waals surface area (Å²) in [6.07, 6.45) is 3.17. The zero-order valence-corrected chi connectivity index (χ0v) is 13.7. The summed E-state index contributed by atoms with van der Waals surface area (Å²) in [6, 6.07) is 9.09. The number of anilines is 1. The molecule has 114 valence electrons. The van der Waals surface area contributed by atoms with Crippen molar-refractivity contribution in [3.8, 4) is 0 Å². The summed E-state index contributed by atoms with van der Waals surface area (Å²) in [6.45, 7) is 11.7. The summed E-state index contributed by atoms with van der Waals surface area (Å²) in [4.78, 5) is 7.12. The predicted molar refractivity (Wildman–Crippen MR) is 91.9 cm³/mol. The normalized spacial score (nSPS) is 11.3. The third-order valence-electron chi connectivity index (χ3n) is 3.73. The molecule has 2 rings (SSSR count). The maximum Gasteiger partial charge on any atom is 0.136 e. The zero-order valence-electron chi connectivity index (χ0n) is 13.7. The van der Waals surface area contributed by atoms with Crippen LogP contribution in [0.4, 0.5) is 5.82 Å². The first kappa shape index (κ1) is 15.8. The summed E-state index contributed by atoms with van der Waals surface area (Å²) < 4.78 is 0. The van der Waals surface area contributed by atoms with E-state index < -0.39 is 0 Å². The van der Waals surface area contributed by atoms with Crippen molar-refractivity contribution in [3.63, 3.8) is 0 Å². The number of hydrogen-bond acceptors (Lipinski definition) is 3. The van der Waals surface area contributed by atoms with E-state index in [2.05, 4.69) is 62.2 Å². The highest BCUT2D eigenvalue weighted by Gasteiger charge is 2.12. The Labute approximate surface area is 128 Å². The minimum absolute atomic E-state index is 0.482. The monoisotopic (exact) mass is 285 g/mol. The Morgan fingerprint density at radius 2 is 1.86 bits per heavy atom. The number of benzene rings is 1. The highest BCUT2D eigenvalue weighted by Crippen LogP contribution is 2.27. The van der Waals surface area contributed by atoms with E-state index in [0.29, 0.717) is 6.04 Å². The molecule has 1 aromatic heterocycles. The van der Waals surface area contributed by atoms with E-state index >= 15 is 0 Å². The molecule has 1 heterocycles. The van der Waals surface area contributed by atoms with Crippen molar-refractivity contribution in [3.05, 3.63) is 36.0 Å². The molecule has 0 saturated heterocycles. The first-order valence-corrected chi connectivity index (χ1v) is 8.02. The van der Waals surface area contributed by atoms with Crippen LogP contribution in [-0.4, -0.2) is 24.1 Å².